The third kappa shape index (κ3) is 2.74. The maximum atomic E-state index is 13.9. The van der Waals surface area contributed by atoms with Gasteiger partial charge in [0, 0.05) is 17.2 Å². The van der Waals surface area contributed by atoms with E-state index in [4.69, 9.17) is 4.74 Å². The lowest BCUT2D eigenvalue weighted by molar-refractivity contribution is -0.143. The Morgan fingerprint density at radius 2 is 1.82 bits per heavy atom. The molecule has 5 atom stereocenters. The SMILES string of the molecule is COC(=O)[C@H]1N[C@@H](c2ccccc2)[C@@]2(S(=O)c3ccc(C)cc3)C(=O)CC[C@@H]12. The highest BCUT2D eigenvalue weighted by Crippen LogP contribution is 2.54. The van der Waals surface area contributed by atoms with Crippen LogP contribution >= 0.6 is 0 Å². The summed E-state index contributed by atoms with van der Waals surface area (Å²) in [5, 5.41) is 3.30. The van der Waals surface area contributed by atoms with Gasteiger partial charge in [0.15, 0.2) is 5.78 Å². The van der Waals surface area contributed by atoms with Crippen LogP contribution in [0.4, 0.5) is 0 Å². The molecular weight excluding hydrogens is 374 g/mol. The van der Waals surface area contributed by atoms with Gasteiger partial charge in [-0.05, 0) is 31.0 Å². The number of aryl methyl sites for hydroxylation is 1. The van der Waals surface area contributed by atoms with Crippen LogP contribution in [0.2, 0.25) is 0 Å². The van der Waals surface area contributed by atoms with Crippen molar-refractivity contribution in [3.05, 3.63) is 65.7 Å². The molecule has 2 aromatic carbocycles. The van der Waals surface area contributed by atoms with Gasteiger partial charge in [-0.25, -0.2) is 0 Å². The van der Waals surface area contributed by atoms with Crippen LogP contribution in [-0.2, 0) is 25.1 Å². The minimum absolute atomic E-state index is 0.0517. The number of hydrogen-bond donors (Lipinski definition) is 1. The molecule has 146 valence electrons. The lowest BCUT2D eigenvalue weighted by Crippen LogP contribution is -2.48. The van der Waals surface area contributed by atoms with Gasteiger partial charge in [0.2, 0.25) is 0 Å². The van der Waals surface area contributed by atoms with Crippen LogP contribution in [0.1, 0.15) is 30.0 Å². The predicted molar refractivity (Wildman–Crippen MR) is 106 cm³/mol. The average molecular weight is 397 g/mol. The predicted octanol–water partition coefficient (Wildman–Crippen LogP) is 2.71. The Hall–Kier alpha value is -2.31. The summed E-state index contributed by atoms with van der Waals surface area (Å²) in [4.78, 5) is 26.4. The van der Waals surface area contributed by atoms with E-state index in [-0.39, 0.29) is 11.7 Å². The Bertz CT molecular complexity index is 927. The number of carbonyl (C=O) groups excluding carboxylic acids is 2. The number of Topliss-reactive ketones (excluding diaryl/α,β-unsaturated/α-hetero) is 1. The summed E-state index contributed by atoms with van der Waals surface area (Å²) in [7, 11) is -0.270. The number of ketones is 1. The van der Waals surface area contributed by atoms with Crippen molar-refractivity contribution >= 4 is 22.6 Å². The fourth-order valence-corrected chi connectivity index (χ4v) is 6.69. The molecular formula is C22H23NO4S. The van der Waals surface area contributed by atoms with Crippen molar-refractivity contribution < 1.29 is 18.5 Å². The van der Waals surface area contributed by atoms with Crippen molar-refractivity contribution in [2.75, 3.05) is 7.11 Å². The molecule has 1 aliphatic carbocycles. The van der Waals surface area contributed by atoms with E-state index >= 15 is 0 Å². The van der Waals surface area contributed by atoms with E-state index in [0.717, 1.165) is 11.1 Å². The maximum absolute atomic E-state index is 13.9. The fraction of sp³-hybridized carbons (Fsp3) is 0.364. The van der Waals surface area contributed by atoms with Crippen molar-refractivity contribution in [1.82, 2.24) is 5.32 Å². The second kappa shape index (κ2) is 7.26. The summed E-state index contributed by atoms with van der Waals surface area (Å²) in [5.74, 6) is -0.840. The molecule has 1 heterocycles. The minimum Gasteiger partial charge on any atom is -0.468 e. The highest BCUT2D eigenvalue weighted by atomic mass is 32.2. The normalized spacial score (nSPS) is 30.1. The molecule has 2 aliphatic rings. The average Bonchev–Trinajstić information content (AvgIpc) is 3.24. The lowest BCUT2D eigenvalue weighted by atomic mass is 9.85. The van der Waals surface area contributed by atoms with Crippen LogP contribution in [0.15, 0.2) is 59.5 Å². The van der Waals surface area contributed by atoms with Gasteiger partial charge >= 0.3 is 5.97 Å². The Kier molecular flexibility index (Phi) is 4.93. The standard InChI is InChI=1S/C22H23NO4S/c1-14-8-10-16(11-9-14)28(26)22-17(12-13-18(22)24)19(21(25)27-2)23-20(22)15-6-4-3-5-7-15/h3-11,17,19-20,23H,12-13H2,1-2H3/t17-,19-,20-,22-,28?/m0/s1. The number of rotatable bonds is 4. The molecule has 4 rings (SSSR count). The van der Waals surface area contributed by atoms with E-state index in [2.05, 4.69) is 5.32 Å². The zero-order valence-electron chi connectivity index (χ0n) is 15.9. The molecule has 1 saturated carbocycles. The molecule has 1 aliphatic heterocycles. The highest BCUT2D eigenvalue weighted by Gasteiger charge is 2.67. The summed E-state index contributed by atoms with van der Waals surface area (Å²) in [5.41, 5.74) is 1.92. The molecule has 0 amide bonds. The molecule has 1 saturated heterocycles. The van der Waals surface area contributed by atoms with Crippen LogP contribution in [0.3, 0.4) is 0 Å². The van der Waals surface area contributed by atoms with Gasteiger partial charge in [0.1, 0.15) is 10.8 Å². The van der Waals surface area contributed by atoms with Crippen molar-refractivity contribution in [3.63, 3.8) is 0 Å². The number of benzene rings is 2. The molecule has 5 nitrogen and oxygen atoms in total. The van der Waals surface area contributed by atoms with Gasteiger partial charge in [-0.15, -0.1) is 0 Å². The van der Waals surface area contributed by atoms with Gasteiger partial charge in [-0.1, -0.05) is 48.0 Å². The summed E-state index contributed by atoms with van der Waals surface area (Å²) in [6.45, 7) is 1.96. The molecule has 1 N–H and O–H groups in total. The molecule has 0 bridgehead atoms. The lowest BCUT2D eigenvalue weighted by Gasteiger charge is -2.33. The van der Waals surface area contributed by atoms with E-state index in [9.17, 15) is 13.8 Å². The quantitative estimate of drug-likeness (QED) is 0.803. The van der Waals surface area contributed by atoms with Gasteiger partial charge in [0.25, 0.3) is 0 Å². The van der Waals surface area contributed by atoms with Crippen molar-refractivity contribution in [2.24, 2.45) is 5.92 Å². The Morgan fingerprint density at radius 3 is 2.46 bits per heavy atom. The number of methoxy groups -OCH3 is 1. The zero-order chi connectivity index (χ0) is 19.9. The van der Waals surface area contributed by atoms with Gasteiger partial charge in [0.05, 0.1) is 24.0 Å². The van der Waals surface area contributed by atoms with Crippen LogP contribution in [0.5, 0.6) is 0 Å². The number of carbonyl (C=O) groups is 2. The molecule has 0 spiro atoms. The summed E-state index contributed by atoms with van der Waals surface area (Å²) >= 11 is 0. The summed E-state index contributed by atoms with van der Waals surface area (Å²) in [6.07, 6.45) is 0.841. The highest BCUT2D eigenvalue weighted by molar-refractivity contribution is 7.87. The number of nitrogens with one attached hydrogen (secondary N) is 1. The Balaban J connectivity index is 1.89. The molecule has 1 unspecified atom stereocenters. The molecule has 2 fully saturated rings. The van der Waals surface area contributed by atoms with Gasteiger partial charge in [-0.2, -0.15) is 0 Å². The fourth-order valence-electron chi connectivity index (χ4n) is 4.67. The van der Waals surface area contributed by atoms with Gasteiger partial charge in [-0.3, -0.25) is 19.1 Å². The smallest absolute Gasteiger partial charge is 0.323 e. The van der Waals surface area contributed by atoms with Crippen molar-refractivity contribution in [3.8, 4) is 0 Å². The first-order valence-corrected chi connectivity index (χ1v) is 10.6. The number of hydrogen-bond acceptors (Lipinski definition) is 5. The summed E-state index contributed by atoms with van der Waals surface area (Å²) < 4.78 is 17.7. The number of ether oxygens (including phenoxy) is 1. The minimum atomic E-state index is -1.61. The Morgan fingerprint density at radius 1 is 1.14 bits per heavy atom. The first-order valence-electron chi connectivity index (χ1n) is 9.40. The zero-order valence-corrected chi connectivity index (χ0v) is 16.7. The van der Waals surface area contributed by atoms with E-state index in [0.29, 0.717) is 17.7 Å². The third-order valence-corrected chi connectivity index (χ3v) is 8.06. The van der Waals surface area contributed by atoms with Crippen LogP contribution in [0, 0.1) is 12.8 Å². The number of fused-ring (bicyclic) bond motifs is 1. The molecule has 6 heteroatoms. The van der Waals surface area contributed by atoms with Crippen LogP contribution in [-0.4, -0.2) is 33.9 Å². The molecule has 0 aromatic heterocycles. The molecule has 28 heavy (non-hydrogen) atoms. The van der Waals surface area contributed by atoms with Crippen LogP contribution < -0.4 is 5.32 Å². The second-order valence-electron chi connectivity index (χ2n) is 7.45. The maximum Gasteiger partial charge on any atom is 0.323 e. The van der Waals surface area contributed by atoms with Crippen LogP contribution in [0.25, 0.3) is 0 Å². The van der Waals surface area contributed by atoms with E-state index in [1.54, 1.807) is 0 Å². The second-order valence-corrected chi connectivity index (χ2v) is 9.14. The van der Waals surface area contributed by atoms with Crippen molar-refractivity contribution in [2.45, 2.75) is 41.5 Å². The summed E-state index contributed by atoms with van der Waals surface area (Å²) in [6, 6.07) is 15.8. The van der Waals surface area contributed by atoms with E-state index in [1.165, 1.54) is 7.11 Å². The molecule has 0 radical (unpaired) electrons. The van der Waals surface area contributed by atoms with E-state index < -0.39 is 33.6 Å². The first-order chi connectivity index (χ1) is 13.5. The van der Waals surface area contributed by atoms with Crippen molar-refractivity contribution in [1.29, 1.82) is 0 Å². The topological polar surface area (TPSA) is 72.5 Å². The number of esters is 1. The third-order valence-electron chi connectivity index (χ3n) is 5.98. The largest absolute Gasteiger partial charge is 0.468 e. The first kappa shape index (κ1) is 19.0. The monoisotopic (exact) mass is 397 g/mol. The Labute approximate surface area is 166 Å². The van der Waals surface area contributed by atoms with E-state index in [1.807, 2.05) is 61.5 Å². The molecule has 2 aromatic rings. The van der Waals surface area contributed by atoms with Gasteiger partial charge < -0.3 is 4.74 Å².